The van der Waals surface area contributed by atoms with Gasteiger partial charge in [-0.15, -0.1) is 0 Å². The van der Waals surface area contributed by atoms with Gasteiger partial charge in [-0.1, -0.05) is 51.0 Å². The van der Waals surface area contributed by atoms with Crippen molar-refractivity contribution < 1.29 is 19.4 Å². The average molecular weight is 381 g/mol. The number of rotatable bonds is 5. The third-order valence-corrected chi connectivity index (χ3v) is 5.71. The second kappa shape index (κ2) is 8.91. The van der Waals surface area contributed by atoms with Gasteiger partial charge in [0, 0.05) is 6.04 Å². The molecule has 148 valence electrons. The lowest BCUT2D eigenvalue weighted by Gasteiger charge is -2.34. The molecule has 3 rings (SSSR count). The summed E-state index contributed by atoms with van der Waals surface area (Å²) in [4.78, 5) is 24.4. The first kappa shape index (κ1) is 19.9. The van der Waals surface area contributed by atoms with Crippen LogP contribution in [0.4, 0.5) is 0 Å². The van der Waals surface area contributed by atoms with Crippen molar-refractivity contribution in [2.45, 2.75) is 39.2 Å². The van der Waals surface area contributed by atoms with E-state index in [-0.39, 0.29) is 24.3 Å². The number of esters is 1. The zero-order chi connectivity index (χ0) is 20.1. The summed E-state index contributed by atoms with van der Waals surface area (Å²) in [5.74, 6) is 0.464. The number of nitrogens with one attached hydrogen (secondary N) is 1. The maximum atomic E-state index is 12.2. The van der Waals surface area contributed by atoms with Crippen molar-refractivity contribution >= 4 is 11.9 Å². The number of benzene rings is 2. The molecule has 2 N–H and O–H groups in total. The molecule has 0 saturated heterocycles. The van der Waals surface area contributed by atoms with E-state index in [0.29, 0.717) is 17.4 Å². The summed E-state index contributed by atoms with van der Waals surface area (Å²) in [7, 11) is 0. The zero-order valence-electron chi connectivity index (χ0n) is 16.4. The van der Waals surface area contributed by atoms with E-state index in [2.05, 4.69) is 19.2 Å². The molecule has 2 aromatic carbocycles. The van der Waals surface area contributed by atoms with Crippen molar-refractivity contribution in [3.63, 3.8) is 0 Å². The molecule has 0 heterocycles. The van der Waals surface area contributed by atoms with Crippen molar-refractivity contribution in [3.8, 4) is 16.9 Å². The first-order chi connectivity index (χ1) is 13.4. The van der Waals surface area contributed by atoms with Crippen LogP contribution in [0.25, 0.3) is 11.1 Å². The van der Waals surface area contributed by atoms with Crippen LogP contribution in [0.1, 0.15) is 43.5 Å². The quantitative estimate of drug-likeness (QED) is 0.763. The standard InChI is InChI=1S/C23H27NO4/c1-15-4-3-5-21(16(15)2)24-22(26)14-28-23(27)19-8-6-17(7-9-19)18-10-12-20(25)13-11-18/h6-13,15-16,21,25H,3-5,14H2,1-2H3,(H,24,26)/t15-,16+,21-/m0/s1. The lowest BCUT2D eigenvalue weighted by molar-refractivity contribution is -0.125. The predicted octanol–water partition coefficient (Wildman–Crippen LogP) is 4.16. The molecule has 0 bridgehead atoms. The van der Waals surface area contributed by atoms with Gasteiger partial charge in [0.2, 0.25) is 0 Å². The second-order valence-corrected chi connectivity index (χ2v) is 7.64. The largest absolute Gasteiger partial charge is 0.508 e. The fourth-order valence-corrected chi connectivity index (χ4v) is 3.70. The maximum absolute atomic E-state index is 12.2. The second-order valence-electron chi connectivity index (χ2n) is 7.64. The minimum absolute atomic E-state index is 0.152. The van der Waals surface area contributed by atoms with Crippen molar-refractivity contribution in [1.29, 1.82) is 0 Å². The number of amides is 1. The molecular weight excluding hydrogens is 354 g/mol. The van der Waals surface area contributed by atoms with E-state index in [4.69, 9.17) is 4.74 Å². The predicted molar refractivity (Wildman–Crippen MR) is 108 cm³/mol. The zero-order valence-corrected chi connectivity index (χ0v) is 16.4. The van der Waals surface area contributed by atoms with Crippen LogP contribution in [0.3, 0.4) is 0 Å². The highest BCUT2D eigenvalue weighted by Crippen LogP contribution is 2.29. The number of carbonyl (C=O) groups is 2. The van der Waals surface area contributed by atoms with Crippen LogP contribution in [0.2, 0.25) is 0 Å². The van der Waals surface area contributed by atoms with Crippen molar-refractivity contribution in [3.05, 3.63) is 54.1 Å². The van der Waals surface area contributed by atoms with Crippen LogP contribution in [0, 0.1) is 11.8 Å². The summed E-state index contributed by atoms with van der Waals surface area (Å²) in [5, 5.41) is 12.4. The Balaban J connectivity index is 1.51. The number of aromatic hydroxyl groups is 1. The fraction of sp³-hybridized carbons (Fsp3) is 0.391. The maximum Gasteiger partial charge on any atom is 0.338 e. The van der Waals surface area contributed by atoms with E-state index in [0.717, 1.165) is 24.0 Å². The Morgan fingerprint density at radius 3 is 2.25 bits per heavy atom. The van der Waals surface area contributed by atoms with E-state index in [1.807, 2.05) is 12.1 Å². The number of ether oxygens (including phenoxy) is 1. The minimum Gasteiger partial charge on any atom is -0.508 e. The lowest BCUT2D eigenvalue weighted by Crippen LogP contribution is -2.45. The number of phenolic OH excluding ortho intramolecular Hbond substituents is 1. The Morgan fingerprint density at radius 2 is 1.61 bits per heavy atom. The van der Waals surface area contributed by atoms with E-state index in [9.17, 15) is 14.7 Å². The van der Waals surface area contributed by atoms with Crippen LogP contribution in [-0.2, 0) is 9.53 Å². The summed E-state index contributed by atoms with van der Waals surface area (Å²) >= 11 is 0. The van der Waals surface area contributed by atoms with Gasteiger partial charge >= 0.3 is 5.97 Å². The lowest BCUT2D eigenvalue weighted by atomic mass is 9.78. The van der Waals surface area contributed by atoms with Gasteiger partial charge in [-0.05, 0) is 53.6 Å². The SMILES string of the molecule is C[C@H]1[C@@H](NC(=O)COC(=O)c2ccc(-c3ccc(O)cc3)cc2)CCC[C@@H]1C. The Labute approximate surface area is 165 Å². The Bertz CT molecular complexity index is 814. The molecule has 0 aliphatic heterocycles. The summed E-state index contributed by atoms with van der Waals surface area (Å²) in [6.45, 7) is 4.11. The molecule has 1 aliphatic rings. The van der Waals surface area contributed by atoms with Gasteiger partial charge in [-0.2, -0.15) is 0 Å². The van der Waals surface area contributed by atoms with Crippen LogP contribution < -0.4 is 5.32 Å². The topological polar surface area (TPSA) is 75.6 Å². The molecule has 28 heavy (non-hydrogen) atoms. The molecule has 0 radical (unpaired) electrons. The van der Waals surface area contributed by atoms with E-state index < -0.39 is 5.97 Å². The third kappa shape index (κ3) is 4.91. The number of phenols is 1. The molecule has 0 aromatic heterocycles. The molecule has 0 unspecified atom stereocenters. The third-order valence-electron chi connectivity index (χ3n) is 5.71. The van der Waals surface area contributed by atoms with Gasteiger partial charge in [0.15, 0.2) is 6.61 Å². The Kier molecular flexibility index (Phi) is 6.34. The van der Waals surface area contributed by atoms with Crippen LogP contribution in [0.5, 0.6) is 5.75 Å². The number of carbonyl (C=O) groups excluding carboxylic acids is 2. The average Bonchev–Trinajstić information content (AvgIpc) is 2.70. The Morgan fingerprint density at radius 1 is 1.00 bits per heavy atom. The summed E-state index contributed by atoms with van der Waals surface area (Å²) < 4.78 is 5.17. The monoisotopic (exact) mass is 381 g/mol. The summed E-state index contributed by atoms with van der Waals surface area (Å²) in [6, 6.07) is 14.0. The van der Waals surface area contributed by atoms with Crippen molar-refractivity contribution in [2.75, 3.05) is 6.61 Å². The van der Waals surface area contributed by atoms with Gasteiger partial charge < -0.3 is 15.2 Å². The van der Waals surface area contributed by atoms with Gasteiger partial charge in [0.25, 0.3) is 5.91 Å². The normalized spacial score (nSPS) is 21.7. The minimum atomic E-state index is -0.516. The van der Waals surface area contributed by atoms with Gasteiger partial charge in [0.1, 0.15) is 5.75 Å². The fourth-order valence-electron chi connectivity index (χ4n) is 3.70. The molecule has 0 spiro atoms. The molecule has 1 fully saturated rings. The van der Waals surface area contributed by atoms with Crippen LogP contribution in [0.15, 0.2) is 48.5 Å². The van der Waals surface area contributed by atoms with Gasteiger partial charge in [-0.3, -0.25) is 4.79 Å². The highest BCUT2D eigenvalue weighted by molar-refractivity contribution is 5.91. The number of hydrogen-bond acceptors (Lipinski definition) is 4. The molecule has 1 aliphatic carbocycles. The van der Waals surface area contributed by atoms with E-state index in [1.54, 1.807) is 36.4 Å². The summed E-state index contributed by atoms with van der Waals surface area (Å²) in [5.41, 5.74) is 2.26. The first-order valence-electron chi connectivity index (χ1n) is 9.80. The number of hydrogen-bond donors (Lipinski definition) is 2. The molecule has 2 aromatic rings. The van der Waals surface area contributed by atoms with Crippen LogP contribution in [-0.4, -0.2) is 29.6 Å². The highest BCUT2D eigenvalue weighted by atomic mass is 16.5. The molecule has 5 nitrogen and oxygen atoms in total. The van der Waals surface area contributed by atoms with Crippen molar-refractivity contribution in [2.24, 2.45) is 11.8 Å². The molecule has 3 atom stereocenters. The van der Waals surface area contributed by atoms with Crippen LogP contribution >= 0.6 is 0 Å². The van der Waals surface area contributed by atoms with Gasteiger partial charge in [0.05, 0.1) is 5.56 Å². The molecule has 1 amide bonds. The van der Waals surface area contributed by atoms with Crippen molar-refractivity contribution in [1.82, 2.24) is 5.32 Å². The van der Waals surface area contributed by atoms with E-state index in [1.165, 1.54) is 6.42 Å². The summed E-state index contributed by atoms with van der Waals surface area (Å²) in [6.07, 6.45) is 3.29. The Hall–Kier alpha value is -2.82. The highest BCUT2D eigenvalue weighted by Gasteiger charge is 2.28. The van der Waals surface area contributed by atoms with Gasteiger partial charge in [-0.25, -0.2) is 4.79 Å². The molecule has 1 saturated carbocycles. The first-order valence-corrected chi connectivity index (χ1v) is 9.80. The smallest absolute Gasteiger partial charge is 0.338 e. The molecular formula is C23H27NO4. The van der Waals surface area contributed by atoms with E-state index >= 15 is 0 Å². The molecule has 5 heteroatoms.